The largest absolute Gasteiger partial charge is 0.380 e. The Morgan fingerprint density at radius 3 is 2.19 bits per heavy atom. The molecule has 2 heterocycles. The van der Waals surface area contributed by atoms with Gasteiger partial charge < -0.3 is 31.1 Å². The van der Waals surface area contributed by atoms with Gasteiger partial charge in [-0.2, -0.15) is 8.42 Å². The van der Waals surface area contributed by atoms with Crippen LogP contribution in [0.3, 0.4) is 0 Å². The van der Waals surface area contributed by atoms with E-state index in [1.165, 1.54) is 6.20 Å². The Morgan fingerprint density at radius 1 is 0.965 bits per heavy atom. The van der Waals surface area contributed by atoms with Crippen LogP contribution >= 0.6 is 0 Å². The SMILES string of the molecule is CC(C)C[C@H](NC(=O)CNC(=O)CN1CCOCC1)C(=O)NCC(=O)N[C@@H](CC(C)C)C(=O)C(C)(O)COS(=O)(=O)c1ccc(F)c(C(=O)CCc2c[nH]nn2)c1. The highest BCUT2D eigenvalue weighted by Gasteiger charge is 2.39. The van der Waals surface area contributed by atoms with Gasteiger partial charge in [-0.1, -0.05) is 32.9 Å². The molecule has 1 unspecified atom stereocenters. The zero-order valence-electron chi connectivity index (χ0n) is 32.8. The van der Waals surface area contributed by atoms with Crippen LogP contribution in [-0.4, -0.2) is 139 Å². The molecule has 1 aromatic carbocycles. The van der Waals surface area contributed by atoms with Crippen LogP contribution in [-0.2, 0) is 49.4 Å². The van der Waals surface area contributed by atoms with Crippen LogP contribution in [0.25, 0.3) is 0 Å². The molecule has 0 aliphatic carbocycles. The molecular formula is C36H53FN8O11S. The normalized spacial score (nSPS) is 15.7. The van der Waals surface area contributed by atoms with Crippen molar-refractivity contribution in [2.75, 3.05) is 52.5 Å². The zero-order chi connectivity index (χ0) is 42.3. The molecule has 19 nitrogen and oxygen atoms in total. The van der Waals surface area contributed by atoms with Crippen molar-refractivity contribution in [3.8, 4) is 0 Å². The van der Waals surface area contributed by atoms with Gasteiger partial charge in [-0.05, 0) is 49.8 Å². The van der Waals surface area contributed by atoms with E-state index >= 15 is 0 Å². The van der Waals surface area contributed by atoms with Crippen molar-refractivity contribution in [2.24, 2.45) is 11.8 Å². The minimum Gasteiger partial charge on any atom is -0.380 e. The summed E-state index contributed by atoms with van der Waals surface area (Å²) < 4.78 is 50.9. The van der Waals surface area contributed by atoms with Gasteiger partial charge in [-0.15, -0.1) is 5.10 Å². The van der Waals surface area contributed by atoms with Gasteiger partial charge in [0.05, 0.1) is 55.0 Å². The summed E-state index contributed by atoms with van der Waals surface area (Å²) in [5.41, 5.74) is -2.54. The number of nitrogens with one attached hydrogen (secondary N) is 5. The van der Waals surface area contributed by atoms with Crippen LogP contribution in [0.1, 0.15) is 69.9 Å². The number of ketones is 2. The molecule has 1 aromatic heterocycles. The molecule has 1 saturated heterocycles. The predicted octanol–water partition coefficient (Wildman–Crippen LogP) is -0.589. The maximum Gasteiger partial charge on any atom is 0.297 e. The minimum atomic E-state index is -4.74. The quantitative estimate of drug-likeness (QED) is 0.0605. The molecule has 0 bridgehead atoms. The summed E-state index contributed by atoms with van der Waals surface area (Å²) in [4.78, 5) is 78.5. The van der Waals surface area contributed by atoms with E-state index in [4.69, 9.17) is 8.92 Å². The number of aliphatic hydroxyl groups is 1. The van der Waals surface area contributed by atoms with Crippen molar-refractivity contribution >= 4 is 45.3 Å². The van der Waals surface area contributed by atoms with Crippen LogP contribution in [0.2, 0.25) is 0 Å². The highest BCUT2D eigenvalue weighted by molar-refractivity contribution is 7.86. The number of hydrogen-bond acceptors (Lipinski definition) is 14. The van der Waals surface area contributed by atoms with Crippen molar-refractivity contribution in [3.05, 3.63) is 41.5 Å². The molecule has 316 valence electrons. The number of aromatic nitrogens is 3. The molecule has 1 aliphatic rings. The number of morpholine rings is 1. The Kier molecular flexibility index (Phi) is 17.8. The van der Waals surface area contributed by atoms with Gasteiger partial charge in [-0.25, -0.2) is 4.39 Å². The van der Waals surface area contributed by atoms with Crippen molar-refractivity contribution in [1.29, 1.82) is 0 Å². The highest BCUT2D eigenvalue weighted by Crippen LogP contribution is 2.22. The molecule has 0 spiro atoms. The van der Waals surface area contributed by atoms with Crippen LogP contribution in [0.15, 0.2) is 29.3 Å². The minimum absolute atomic E-state index is 0.0164. The highest BCUT2D eigenvalue weighted by atomic mass is 32.2. The van der Waals surface area contributed by atoms with Crippen LogP contribution in [0, 0.1) is 17.7 Å². The van der Waals surface area contributed by atoms with E-state index in [-0.39, 0.29) is 56.5 Å². The number of aryl methyl sites for hydroxylation is 1. The molecule has 57 heavy (non-hydrogen) atoms. The molecule has 0 radical (unpaired) electrons. The van der Waals surface area contributed by atoms with Gasteiger partial charge >= 0.3 is 0 Å². The van der Waals surface area contributed by atoms with E-state index in [1.54, 1.807) is 13.8 Å². The Morgan fingerprint density at radius 2 is 1.58 bits per heavy atom. The Labute approximate surface area is 330 Å². The Hall–Kier alpha value is -4.70. The average molecular weight is 825 g/mol. The van der Waals surface area contributed by atoms with Gasteiger partial charge in [0.15, 0.2) is 11.6 Å². The summed E-state index contributed by atoms with van der Waals surface area (Å²) in [6.45, 7) is 8.36. The standard InChI is InChI=1S/C36H53FN8O11S/c1-22(2)14-28(41-32(48)19-39-35(51)29(15-23(3)4)42-31(47)18-38-33(49)20-45-10-12-55-13-11-45)34(50)36(5,52)21-56-57(53,54)25-7-8-27(37)26(16-25)30(46)9-6-24-17-40-44-43-24/h7-8,16-17,22-23,28-29,52H,6,9-15,18-21H2,1-5H3,(H,38,49)(H,39,51)(H,41,48)(H,42,47)(H,40,43,44)/t28-,29-,36?/m0/s1. The molecule has 6 N–H and O–H groups in total. The molecule has 3 atom stereocenters. The maximum atomic E-state index is 14.5. The number of Topliss-reactive ketones (excluding diaryl/α,β-unsaturated/α-hetero) is 2. The molecule has 4 amide bonds. The predicted molar refractivity (Wildman–Crippen MR) is 200 cm³/mol. The lowest BCUT2D eigenvalue weighted by molar-refractivity contribution is -0.143. The van der Waals surface area contributed by atoms with Crippen molar-refractivity contribution in [2.45, 2.75) is 82.9 Å². The fourth-order valence-corrected chi connectivity index (χ4v) is 6.71. The van der Waals surface area contributed by atoms with Gasteiger partial charge in [0.2, 0.25) is 23.6 Å². The first-order valence-electron chi connectivity index (χ1n) is 18.5. The first-order valence-corrected chi connectivity index (χ1v) is 20.0. The van der Waals surface area contributed by atoms with Gasteiger partial charge in [-0.3, -0.25) is 42.9 Å². The smallest absolute Gasteiger partial charge is 0.297 e. The van der Waals surface area contributed by atoms with Crippen LogP contribution in [0.4, 0.5) is 4.39 Å². The Bertz CT molecular complexity index is 1820. The number of nitrogens with zero attached hydrogens (tertiary/aromatic N) is 3. The number of ether oxygens (including phenoxy) is 1. The van der Waals surface area contributed by atoms with Crippen molar-refractivity contribution < 1.29 is 55.6 Å². The third kappa shape index (κ3) is 15.6. The monoisotopic (exact) mass is 824 g/mol. The number of aromatic amines is 1. The lowest BCUT2D eigenvalue weighted by atomic mass is 9.90. The Balaban J connectivity index is 1.57. The second-order valence-corrected chi connectivity index (χ2v) is 16.4. The third-order valence-corrected chi connectivity index (χ3v) is 9.95. The summed E-state index contributed by atoms with van der Waals surface area (Å²) in [5, 5.41) is 30.8. The van der Waals surface area contributed by atoms with Gasteiger partial charge in [0.25, 0.3) is 10.1 Å². The molecular weight excluding hydrogens is 772 g/mol. The summed E-state index contributed by atoms with van der Waals surface area (Å²) in [5.74, 6) is -5.40. The molecule has 2 aromatic rings. The summed E-state index contributed by atoms with van der Waals surface area (Å²) in [6, 6.07) is 0.0507. The molecule has 21 heteroatoms. The lowest BCUT2D eigenvalue weighted by Gasteiger charge is -2.28. The van der Waals surface area contributed by atoms with Crippen molar-refractivity contribution in [3.63, 3.8) is 0 Å². The fraction of sp³-hybridized carbons (Fsp3) is 0.611. The third-order valence-electron chi connectivity index (χ3n) is 8.69. The molecule has 1 fully saturated rings. The first kappa shape index (κ1) is 46.7. The van der Waals surface area contributed by atoms with Crippen LogP contribution < -0.4 is 21.3 Å². The molecule has 3 rings (SSSR count). The van der Waals surface area contributed by atoms with E-state index in [0.29, 0.717) is 32.0 Å². The number of carbonyl (C=O) groups is 6. The number of benzene rings is 1. The molecule has 0 saturated carbocycles. The zero-order valence-corrected chi connectivity index (χ0v) is 33.6. The average Bonchev–Trinajstić information content (AvgIpc) is 3.68. The van der Waals surface area contributed by atoms with E-state index in [2.05, 4.69) is 36.7 Å². The van der Waals surface area contributed by atoms with E-state index < -0.39 is 86.5 Å². The number of halogens is 1. The maximum absolute atomic E-state index is 14.5. The molecule has 1 aliphatic heterocycles. The fourth-order valence-electron chi connectivity index (χ4n) is 5.69. The van der Waals surface area contributed by atoms with Crippen molar-refractivity contribution in [1.82, 2.24) is 41.6 Å². The first-order chi connectivity index (χ1) is 26.8. The van der Waals surface area contributed by atoms with E-state index in [1.807, 2.05) is 18.7 Å². The second-order valence-electron chi connectivity index (χ2n) is 14.8. The van der Waals surface area contributed by atoms with E-state index in [0.717, 1.165) is 25.1 Å². The summed E-state index contributed by atoms with van der Waals surface area (Å²) in [7, 11) is -4.74. The van der Waals surface area contributed by atoms with Crippen LogP contribution in [0.5, 0.6) is 0 Å². The van der Waals surface area contributed by atoms with E-state index in [9.17, 15) is 46.7 Å². The number of rotatable bonds is 23. The number of H-pyrrole nitrogens is 1. The second kappa shape index (κ2) is 21.7. The summed E-state index contributed by atoms with van der Waals surface area (Å²) >= 11 is 0. The summed E-state index contributed by atoms with van der Waals surface area (Å²) in [6.07, 6.45) is 1.59. The van der Waals surface area contributed by atoms with Gasteiger partial charge in [0.1, 0.15) is 24.1 Å². The topological polar surface area (TPSA) is 268 Å². The number of hydrogen-bond donors (Lipinski definition) is 6. The number of amides is 4. The lowest BCUT2D eigenvalue weighted by Crippen LogP contribution is -2.55. The van der Waals surface area contributed by atoms with Gasteiger partial charge in [0, 0.05) is 32.1 Å². The number of carbonyl (C=O) groups excluding carboxylic acids is 6.